The Morgan fingerprint density at radius 1 is 1.27 bits per heavy atom. The number of H-pyrrole nitrogens is 2. The summed E-state index contributed by atoms with van der Waals surface area (Å²) in [5.74, 6) is 1.77. The fraction of sp³-hybridized carbons (Fsp3) is 0.100. The highest BCUT2D eigenvalue weighted by atomic mass is 32.1. The zero-order valence-corrected chi connectivity index (χ0v) is 14.8. The Labute approximate surface area is 153 Å². The van der Waals surface area contributed by atoms with Crippen LogP contribution in [0, 0.1) is 0 Å². The Morgan fingerprint density at radius 3 is 2.81 bits per heavy atom. The smallest absolute Gasteiger partial charge is 0.266 e. The second kappa shape index (κ2) is 7.01. The van der Waals surface area contributed by atoms with Crippen molar-refractivity contribution in [2.75, 3.05) is 0 Å². The van der Waals surface area contributed by atoms with Gasteiger partial charge in [-0.2, -0.15) is 5.10 Å². The number of rotatable bonds is 4. The normalized spacial score (nSPS) is 14.5. The monoisotopic (exact) mass is 363 g/mol. The van der Waals surface area contributed by atoms with Gasteiger partial charge in [0, 0.05) is 17.5 Å². The first-order valence-electron chi connectivity index (χ1n) is 8.26. The summed E-state index contributed by atoms with van der Waals surface area (Å²) in [5.41, 5.74) is 2.55. The lowest BCUT2D eigenvalue weighted by molar-refractivity contribution is 0.403. The Kier molecular flexibility index (Phi) is 4.41. The Hall–Kier alpha value is -3.12. The first-order chi connectivity index (χ1) is 12.7. The van der Waals surface area contributed by atoms with Gasteiger partial charge in [0.2, 0.25) is 0 Å². The number of benzene rings is 1. The first kappa shape index (κ1) is 16.4. The second-order valence-corrected chi connectivity index (χ2v) is 7.05. The van der Waals surface area contributed by atoms with Crippen LogP contribution in [0.15, 0.2) is 59.2 Å². The highest BCUT2D eigenvalue weighted by Crippen LogP contribution is 2.26. The van der Waals surface area contributed by atoms with Crippen LogP contribution >= 0.6 is 11.3 Å². The van der Waals surface area contributed by atoms with Gasteiger partial charge >= 0.3 is 0 Å². The highest BCUT2D eigenvalue weighted by molar-refractivity contribution is 7.07. The molecule has 0 radical (unpaired) electrons. The van der Waals surface area contributed by atoms with Crippen LogP contribution in [0.1, 0.15) is 18.4 Å². The molecule has 0 spiro atoms. The summed E-state index contributed by atoms with van der Waals surface area (Å²) in [4.78, 5) is 14.6. The van der Waals surface area contributed by atoms with E-state index in [9.17, 15) is 4.79 Å². The fourth-order valence-electron chi connectivity index (χ4n) is 2.77. The summed E-state index contributed by atoms with van der Waals surface area (Å²) in [6.07, 6.45) is 11.6. The van der Waals surface area contributed by atoms with Gasteiger partial charge in [0.05, 0.1) is 21.1 Å². The van der Waals surface area contributed by atoms with Crippen molar-refractivity contribution < 1.29 is 4.74 Å². The molecule has 3 aromatic rings. The molecule has 1 aromatic carbocycles. The molecule has 130 valence electrons. The molecule has 0 fully saturated rings. The number of hydrogen-bond acceptors (Lipinski definition) is 4. The van der Waals surface area contributed by atoms with Crippen LogP contribution in [0.25, 0.3) is 23.9 Å². The number of allylic oxidation sites excluding steroid dienone is 4. The molecular formula is C20H17N3O2S. The van der Waals surface area contributed by atoms with Gasteiger partial charge < -0.3 is 9.72 Å². The lowest BCUT2D eigenvalue weighted by Gasteiger charge is -2.11. The van der Waals surface area contributed by atoms with Crippen molar-refractivity contribution in [2.24, 2.45) is 0 Å². The maximum absolute atomic E-state index is 11.9. The molecule has 0 unspecified atom stereocenters. The van der Waals surface area contributed by atoms with Crippen molar-refractivity contribution in [3.63, 3.8) is 0 Å². The molecule has 0 aliphatic heterocycles. The second-order valence-electron chi connectivity index (χ2n) is 5.91. The van der Waals surface area contributed by atoms with Gasteiger partial charge in [0.15, 0.2) is 0 Å². The van der Waals surface area contributed by atoms with Gasteiger partial charge in [-0.25, -0.2) is 0 Å². The molecule has 0 bridgehead atoms. The summed E-state index contributed by atoms with van der Waals surface area (Å²) < 4.78 is 7.14. The van der Waals surface area contributed by atoms with Crippen LogP contribution in [-0.4, -0.2) is 15.2 Å². The van der Waals surface area contributed by atoms with E-state index < -0.39 is 0 Å². The molecule has 0 saturated carbocycles. The minimum Gasteiger partial charge on any atom is -0.462 e. The van der Waals surface area contributed by atoms with Crippen LogP contribution in [0.4, 0.5) is 0 Å². The van der Waals surface area contributed by atoms with Crippen LogP contribution in [0.2, 0.25) is 0 Å². The molecule has 5 nitrogen and oxygen atoms in total. The molecule has 2 aromatic heterocycles. The predicted molar refractivity (Wildman–Crippen MR) is 104 cm³/mol. The molecule has 0 atom stereocenters. The van der Waals surface area contributed by atoms with E-state index in [0.717, 1.165) is 41.2 Å². The summed E-state index contributed by atoms with van der Waals surface area (Å²) in [7, 11) is 0. The van der Waals surface area contributed by atoms with Crippen molar-refractivity contribution in [1.29, 1.82) is 0 Å². The van der Waals surface area contributed by atoms with Gasteiger partial charge in [-0.15, -0.1) is 11.3 Å². The molecule has 0 saturated heterocycles. The quantitative estimate of drug-likeness (QED) is 0.749. The fourth-order valence-corrected chi connectivity index (χ4v) is 3.51. The molecule has 1 aliphatic rings. The van der Waals surface area contributed by atoms with Gasteiger partial charge in [-0.3, -0.25) is 9.89 Å². The number of aromatic nitrogens is 3. The maximum atomic E-state index is 11.9. The van der Waals surface area contributed by atoms with Crippen LogP contribution < -0.4 is 19.5 Å². The van der Waals surface area contributed by atoms with Gasteiger partial charge in [-0.1, -0.05) is 18.7 Å². The third-order valence-electron chi connectivity index (χ3n) is 4.03. The molecule has 26 heavy (non-hydrogen) atoms. The van der Waals surface area contributed by atoms with E-state index in [-0.39, 0.29) is 5.56 Å². The summed E-state index contributed by atoms with van der Waals surface area (Å²) in [6.45, 7) is 3.77. The number of nitrogens with one attached hydrogen (secondary N) is 2. The number of thiazole rings is 1. The third-order valence-corrected chi connectivity index (χ3v) is 4.90. The van der Waals surface area contributed by atoms with Gasteiger partial charge in [0.1, 0.15) is 11.5 Å². The Morgan fingerprint density at radius 2 is 2.12 bits per heavy atom. The topological polar surface area (TPSA) is 70.8 Å². The van der Waals surface area contributed by atoms with Crippen LogP contribution in [0.3, 0.4) is 0 Å². The van der Waals surface area contributed by atoms with E-state index in [1.54, 1.807) is 6.20 Å². The number of ether oxygens (including phenoxy) is 1. The lowest BCUT2D eigenvalue weighted by Crippen LogP contribution is -2.19. The summed E-state index contributed by atoms with van der Waals surface area (Å²) >= 11 is 1.33. The number of hydrogen-bond donors (Lipinski definition) is 2. The number of aromatic amines is 2. The molecule has 6 heteroatoms. The molecule has 0 amide bonds. The summed E-state index contributed by atoms with van der Waals surface area (Å²) in [5, 5.41) is 7.12. The molecule has 4 rings (SSSR count). The van der Waals surface area contributed by atoms with E-state index >= 15 is 0 Å². The standard InChI is InChI=1S/C20H17N3O2S/c1-13-22-20(24)18(26-13)11-15-12-21-23-19(15)14-7-9-17(10-8-14)25-16-5-3-2-4-6-16/h2-3,5,7-12H,1,4,6H2,(H,21,23)(H,22,24)/b18-11-. The molecule has 2 N–H and O–H groups in total. The largest absolute Gasteiger partial charge is 0.462 e. The zero-order valence-electron chi connectivity index (χ0n) is 14.0. The van der Waals surface area contributed by atoms with Crippen LogP contribution in [0.5, 0.6) is 5.75 Å². The highest BCUT2D eigenvalue weighted by Gasteiger charge is 2.08. The zero-order chi connectivity index (χ0) is 17.9. The Balaban J connectivity index is 1.62. The van der Waals surface area contributed by atoms with E-state index in [4.69, 9.17) is 4.74 Å². The summed E-state index contributed by atoms with van der Waals surface area (Å²) in [6, 6.07) is 7.83. The van der Waals surface area contributed by atoms with Crippen molar-refractivity contribution in [1.82, 2.24) is 15.2 Å². The number of nitrogens with zero attached hydrogens (tertiary/aromatic N) is 1. The molecule has 2 heterocycles. The van der Waals surface area contributed by atoms with Crippen molar-refractivity contribution in [2.45, 2.75) is 12.8 Å². The molecule has 1 aliphatic carbocycles. The van der Waals surface area contributed by atoms with E-state index in [1.165, 1.54) is 11.3 Å². The SMILES string of the molecule is C=c1[nH]c(=O)/c(=C/c2cn[nH]c2-c2ccc(OC3=CC=CCC3)cc2)s1. The van der Waals surface area contributed by atoms with Gasteiger partial charge in [0.25, 0.3) is 5.56 Å². The predicted octanol–water partition coefficient (Wildman–Crippen LogP) is 2.68. The first-order valence-corrected chi connectivity index (χ1v) is 9.08. The average Bonchev–Trinajstić information content (AvgIpc) is 3.23. The van der Waals surface area contributed by atoms with Crippen molar-refractivity contribution in [3.05, 3.63) is 79.6 Å². The average molecular weight is 363 g/mol. The van der Waals surface area contributed by atoms with E-state index in [1.807, 2.05) is 42.5 Å². The Bertz CT molecular complexity index is 1150. The van der Waals surface area contributed by atoms with E-state index in [2.05, 4.69) is 27.8 Å². The van der Waals surface area contributed by atoms with E-state index in [0.29, 0.717) is 9.20 Å². The van der Waals surface area contributed by atoms with Crippen molar-refractivity contribution in [3.8, 4) is 17.0 Å². The minimum absolute atomic E-state index is 0.134. The maximum Gasteiger partial charge on any atom is 0.266 e. The minimum atomic E-state index is -0.134. The van der Waals surface area contributed by atoms with Crippen molar-refractivity contribution >= 4 is 24.0 Å². The molecular weight excluding hydrogens is 346 g/mol. The van der Waals surface area contributed by atoms with Crippen LogP contribution in [-0.2, 0) is 0 Å². The lowest BCUT2D eigenvalue weighted by atomic mass is 10.1. The van der Waals surface area contributed by atoms with Gasteiger partial charge in [-0.05, 0) is 42.8 Å². The third kappa shape index (κ3) is 3.45.